The van der Waals surface area contributed by atoms with E-state index in [0.717, 1.165) is 18.6 Å². The molecule has 0 atom stereocenters. The summed E-state index contributed by atoms with van der Waals surface area (Å²) in [5, 5.41) is 0. The SMILES string of the molecule is CC(=O)OCc1cc(-c2ccccc2CN(C)C(=O)OCc2ccccc2)c(F)cc1C(F)(F)F. The molecule has 0 N–H and O–H groups in total. The van der Waals surface area contributed by atoms with E-state index in [1.54, 1.807) is 24.3 Å². The second-order valence-corrected chi connectivity index (χ2v) is 7.82. The molecule has 3 aromatic carbocycles. The number of benzene rings is 3. The van der Waals surface area contributed by atoms with Crippen LogP contribution in [0.4, 0.5) is 22.4 Å². The van der Waals surface area contributed by atoms with E-state index < -0.39 is 36.2 Å². The summed E-state index contributed by atoms with van der Waals surface area (Å²) in [4.78, 5) is 24.9. The van der Waals surface area contributed by atoms with E-state index in [9.17, 15) is 27.2 Å². The lowest BCUT2D eigenvalue weighted by Gasteiger charge is -2.20. The van der Waals surface area contributed by atoms with Gasteiger partial charge < -0.3 is 14.4 Å². The zero-order chi connectivity index (χ0) is 25.6. The van der Waals surface area contributed by atoms with Crippen molar-refractivity contribution in [2.75, 3.05) is 7.05 Å². The molecule has 0 heterocycles. The molecule has 0 aliphatic rings. The van der Waals surface area contributed by atoms with Gasteiger partial charge in [-0.1, -0.05) is 54.6 Å². The van der Waals surface area contributed by atoms with Crippen LogP contribution in [0.3, 0.4) is 0 Å². The monoisotopic (exact) mass is 489 g/mol. The van der Waals surface area contributed by atoms with E-state index in [2.05, 4.69) is 0 Å². The van der Waals surface area contributed by atoms with Crippen LogP contribution in [-0.2, 0) is 40.2 Å². The number of amides is 1. The van der Waals surface area contributed by atoms with Gasteiger partial charge in [-0.3, -0.25) is 4.79 Å². The number of carbonyl (C=O) groups excluding carboxylic acids is 2. The van der Waals surface area contributed by atoms with Crippen molar-refractivity contribution in [3.05, 3.63) is 94.8 Å². The van der Waals surface area contributed by atoms with Crippen molar-refractivity contribution in [1.29, 1.82) is 0 Å². The lowest BCUT2D eigenvalue weighted by molar-refractivity contribution is -0.145. The molecule has 184 valence electrons. The van der Waals surface area contributed by atoms with Crippen LogP contribution in [0, 0.1) is 5.82 Å². The third-order valence-electron chi connectivity index (χ3n) is 5.16. The van der Waals surface area contributed by atoms with Crippen LogP contribution in [0.5, 0.6) is 0 Å². The van der Waals surface area contributed by atoms with E-state index in [0.29, 0.717) is 17.2 Å². The Hall–Kier alpha value is -3.88. The molecule has 0 fully saturated rings. The summed E-state index contributed by atoms with van der Waals surface area (Å²) in [6.07, 6.45) is -5.45. The summed E-state index contributed by atoms with van der Waals surface area (Å²) in [6, 6.07) is 17.0. The molecule has 9 heteroatoms. The van der Waals surface area contributed by atoms with Gasteiger partial charge in [-0.15, -0.1) is 0 Å². The molecule has 0 radical (unpaired) electrons. The van der Waals surface area contributed by atoms with Gasteiger partial charge in [-0.05, 0) is 28.8 Å². The number of alkyl halides is 3. The average Bonchev–Trinajstić information content (AvgIpc) is 2.82. The molecule has 3 rings (SSSR count). The maximum absolute atomic E-state index is 14.9. The van der Waals surface area contributed by atoms with E-state index in [-0.39, 0.29) is 24.3 Å². The topological polar surface area (TPSA) is 55.8 Å². The Balaban J connectivity index is 1.87. The zero-order valence-corrected chi connectivity index (χ0v) is 19.1. The highest BCUT2D eigenvalue weighted by Crippen LogP contribution is 2.37. The molecule has 0 aliphatic carbocycles. The standard InChI is InChI=1S/C26H23F4NO4/c1-17(32)34-16-20-12-22(24(27)13-23(20)26(28,29)30)21-11-7-6-10-19(21)14-31(2)25(33)35-15-18-8-4-3-5-9-18/h3-13H,14-16H2,1-2H3. The van der Waals surface area contributed by atoms with Crippen molar-refractivity contribution >= 4 is 12.1 Å². The Bertz CT molecular complexity index is 1200. The minimum Gasteiger partial charge on any atom is -0.461 e. The summed E-state index contributed by atoms with van der Waals surface area (Å²) in [5.74, 6) is -1.86. The Morgan fingerprint density at radius 1 is 0.857 bits per heavy atom. The third kappa shape index (κ3) is 6.81. The smallest absolute Gasteiger partial charge is 0.416 e. The molecule has 0 aromatic heterocycles. The van der Waals surface area contributed by atoms with Gasteiger partial charge in [-0.25, -0.2) is 9.18 Å². The fraction of sp³-hybridized carbons (Fsp3) is 0.231. The Morgan fingerprint density at radius 3 is 2.17 bits per heavy atom. The molecule has 0 bridgehead atoms. The van der Waals surface area contributed by atoms with Gasteiger partial charge in [0.1, 0.15) is 19.0 Å². The van der Waals surface area contributed by atoms with Crippen LogP contribution in [0.25, 0.3) is 11.1 Å². The molecule has 0 unspecified atom stereocenters. The van der Waals surface area contributed by atoms with Gasteiger partial charge in [0, 0.05) is 31.6 Å². The first kappa shape index (κ1) is 25.7. The van der Waals surface area contributed by atoms with E-state index in [1.807, 2.05) is 30.3 Å². The van der Waals surface area contributed by atoms with Gasteiger partial charge in [0.15, 0.2) is 0 Å². The normalized spacial score (nSPS) is 11.1. The molecule has 1 amide bonds. The second-order valence-electron chi connectivity index (χ2n) is 7.82. The summed E-state index contributed by atoms with van der Waals surface area (Å²) >= 11 is 0. The number of rotatable bonds is 7. The first-order valence-corrected chi connectivity index (χ1v) is 10.6. The Kier molecular flexibility index (Phi) is 8.11. The minimum atomic E-state index is -4.84. The molecule has 5 nitrogen and oxygen atoms in total. The van der Waals surface area contributed by atoms with E-state index >= 15 is 0 Å². The number of hydrogen-bond acceptors (Lipinski definition) is 4. The van der Waals surface area contributed by atoms with E-state index in [4.69, 9.17) is 9.47 Å². The van der Waals surface area contributed by atoms with Crippen LogP contribution >= 0.6 is 0 Å². The lowest BCUT2D eigenvalue weighted by Crippen LogP contribution is -2.27. The van der Waals surface area contributed by atoms with Crippen molar-refractivity contribution in [3.8, 4) is 11.1 Å². The highest BCUT2D eigenvalue weighted by atomic mass is 19.4. The predicted molar refractivity (Wildman–Crippen MR) is 120 cm³/mol. The van der Waals surface area contributed by atoms with E-state index in [1.165, 1.54) is 11.9 Å². The van der Waals surface area contributed by atoms with Crippen molar-refractivity contribution in [1.82, 2.24) is 4.90 Å². The molecular weight excluding hydrogens is 466 g/mol. The van der Waals surface area contributed by atoms with Gasteiger partial charge in [-0.2, -0.15) is 13.2 Å². The van der Waals surface area contributed by atoms with Gasteiger partial charge >= 0.3 is 18.2 Å². The molecule has 0 saturated heterocycles. The Morgan fingerprint density at radius 2 is 1.51 bits per heavy atom. The highest BCUT2D eigenvalue weighted by Gasteiger charge is 2.35. The van der Waals surface area contributed by atoms with Crippen LogP contribution < -0.4 is 0 Å². The number of carbonyl (C=O) groups is 2. The van der Waals surface area contributed by atoms with Crippen molar-refractivity contribution in [2.45, 2.75) is 32.9 Å². The van der Waals surface area contributed by atoms with Crippen molar-refractivity contribution < 1.29 is 36.6 Å². The summed E-state index contributed by atoms with van der Waals surface area (Å²) in [5.41, 5.74) is -0.119. The molecule has 0 aliphatic heterocycles. The van der Waals surface area contributed by atoms with Gasteiger partial charge in [0.05, 0.1) is 5.56 Å². The van der Waals surface area contributed by atoms with Crippen molar-refractivity contribution in [3.63, 3.8) is 0 Å². The van der Waals surface area contributed by atoms with Crippen LogP contribution in [0.15, 0.2) is 66.7 Å². The molecule has 3 aromatic rings. The molecule has 0 spiro atoms. The minimum absolute atomic E-state index is 0.0174. The first-order chi connectivity index (χ1) is 16.6. The van der Waals surface area contributed by atoms with Crippen molar-refractivity contribution in [2.24, 2.45) is 0 Å². The number of halogens is 4. The predicted octanol–water partition coefficient (Wildman–Crippen LogP) is 6.34. The van der Waals surface area contributed by atoms with Crippen LogP contribution in [0.2, 0.25) is 0 Å². The number of esters is 1. The number of nitrogens with zero attached hydrogens (tertiary/aromatic N) is 1. The summed E-state index contributed by atoms with van der Waals surface area (Å²) < 4.78 is 65.3. The van der Waals surface area contributed by atoms with Crippen LogP contribution in [0.1, 0.15) is 29.2 Å². The first-order valence-electron chi connectivity index (χ1n) is 10.6. The lowest BCUT2D eigenvalue weighted by atomic mass is 9.94. The highest BCUT2D eigenvalue weighted by molar-refractivity contribution is 5.72. The zero-order valence-electron chi connectivity index (χ0n) is 19.1. The maximum Gasteiger partial charge on any atom is 0.416 e. The average molecular weight is 489 g/mol. The molecule has 35 heavy (non-hydrogen) atoms. The third-order valence-corrected chi connectivity index (χ3v) is 5.16. The fourth-order valence-corrected chi connectivity index (χ4v) is 3.46. The Labute approximate surface area is 199 Å². The fourth-order valence-electron chi connectivity index (χ4n) is 3.46. The largest absolute Gasteiger partial charge is 0.461 e. The summed E-state index contributed by atoms with van der Waals surface area (Å²) in [7, 11) is 1.50. The molecule has 0 saturated carbocycles. The number of ether oxygens (including phenoxy) is 2. The maximum atomic E-state index is 14.9. The van der Waals surface area contributed by atoms with Gasteiger partial charge in [0.25, 0.3) is 0 Å². The number of hydrogen-bond donors (Lipinski definition) is 0. The quantitative estimate of drug-likeness (QED) is 0.287. The van der Waals surface area contributed by atoms with Crippen LogP contribution in [-0.4, -0.2) is 24.0 Å². The summed E-state index contributed by atoms with van der Waals surface area (Å²) in [6.45, 7) is 0.493. The molecular formula is C26H23F4NO4. The second kappa shape index (κ2) is 11.0. The van der Waals surface area contributed by atoms with Gasteiger partial charge in [0.2, 0.25) is 0 Å².